The third-order valence-corrected chi connectivity index (χ3v) is 4.19. The highest BCUT2D eigenvalue weighted by molar-refractivity contribution is 6.05. The van der Waals surface area contributed by atoms with E-state index in [0.717, 1.165) is 18.0 Å². The Morgan fingerprint density at radius 3 is 2.23 bits per heavy atom. The number of amidine groups is 1. The second kappa shape index (κ2) is 13.5. The van der Waals surface area contributed by atoms with Crippen LogP contribution in [0.3, 0.4) is 0 Å². The van der Waals surface area contributed by atoms with E-state index < -0.39 is 0 Å². The molecule has 0 aromatic carbocycles. The molecule has 2 unspecified atom stereocenters. The third kappa shape index (κ3) is 8.31. The van der Waals surface area contributed by atoms with Crippen molar-refractivity contribution >= 4 is 11.5 Å². The summed E-state index contributed by atoms with van der Waals surface area (Å²) in [6, 6.07) is 0. The SMILES string of the molecule is C=C/N=C(\N=C(/C=C)C(CCC)CCCCCC)C(C)CC. The average molecular weight is 305 g/mol. The summed E-state index contributed by atoms with van der Waals surface area (Å²) in [4.78, 5) is 9.23. The van der Waals surface area contributed by atoms with E-state index in [1.165, 1.54) is 44.9 Å². The zero-order valence-electron chi connectivity index (χ0n) is 15.3. The van der Waals surface area contributed by atoms with Gasteiger partial charge in [-0.1, -0.05) is 73.0 Å². The van der Waals surface area contributed by atoms with Crippen molar-refractivity contribution in [2.75, 3.05) is 0 Å². The number of aliphatic imine (C=N–C) groups is 2. The van der Waals surface area contributed by atoms with Crippen molar-refractivity contribution in [1.82, 2.24) is 0 Å². The quantitative estimate of drug-likeness (QED) is 0.221. The molecule has 0 saturated heterocycles. The summed E-state index contributed by atoms with van der Waals surface area (Å²) in [6.45, 7) is 16.5. The van der Waals surface area contributed by atoms with E-state index in [4.69, 9.17) is 4.99 Å². The Morgan fingerprint density at radius 2 is 1.73 bits per heavy atom. The van der Waals surface area contributed by atoms with Gasteiger partial charge in [0.1, 0.15) is 5.84 Å². The number of rotatable bonds is 12. The molecule has 0 amide bonds. The van der Waals surface area contributed by atoms with Gasteiger partial charge in [-0.05, 0) is 25.3 Å². The highest BCUT2D eigenvalue weighted by Gasteiger charge is 2.15. The number of nitrogens with zero attached hydrogens (tertiary/aromatic N) is 2. The molecule has 0 rings (SSSR count). The Balaban J connectivity index is 5.08. The fourth-order valence-corrected chi connectivity index (χ4v) is 2.58. The molecule has 0 heterocycles. The first-order valence-electron chi connectivity index (χ1n) is 9.03. The lowest BCUT2D eigenvalue weighted by Gasteiger charge is -2.18. The zero-order chi connectivity index (χ0) is 16.8. The van der Waals surface area contributed by atoms with Crippen molar-refractivity contribution in [1.29, 1.82) is 0 Å². The first-order chi connectivity index (χ1) is 10.6. The van der Waals surface area contributed by atoms with Crippen molar-refractivity contribution in [2.45, 2.75) is 79.1 Å². The molecule has 0 fully saturated rings. The van der Waals surface area contributed by atoms with Crippen molar-refractivity contribution in [2.24, 2.45) is 21.8 Å². The Bertz CT molecular complexity index is 366. The topological polar surface area (TPSA) is 24.7 Å². The van der Waals surface area contributed by atoms with Crippen LogP contribution in [0, 0.1) is 11.8 Å². The normalized spacial score (nSPS) is 15.5. The van der Waals surface area contributed by atoms with E-state index in [9.17, 15) is 0 Å². The van der Waals surface area contributed by atoms with Crippen LogP contribution in [0.25, 0.3) is 0 Å². The van der Waals surface area contributed by atoms with Crippen LogP contribution in [0.4, 0.5) is 0 Å². The Labute approximate surface area is 138 Å². The smallest absolute Gasteiger partial charge is 0.131 e. The lowest BCUT2D eigenvalue weighted by atomic mass is 9.91. The molecule has 0 spiro atoms. The molecule has 126 valence electrons. The van der Waals surface area contributed by atoms with E-state index in [-0.39, 0.29) is 0 Å². The fraction of sp³-hybridized carbons (Fsp3) is 0.700. The Morgan fingerprint density at radius 1 is 1.00 bits per heavy atom. The van der Waals surface area contributed by atoms with Crippen LogP contribution < -0.4 is 0 Å². The molecule has 0 bridgehead atoms. The van der Waals surface area contributed by atoms with Gasteiger partial charge in [-0.25, -0.2) is 9.98 Å². The maximum atomic E-state index is 4.85. The minimum atomic E-state index is 0.357. The van der Waals surface area contributed by atoms with E-state index >= 15 is 0 Å². The largest absolute Gasteiger partial charge is 0.242 e. The van der Waals surface area contributed by atoms with E-state index in [2.05, 4.69) is 45.8 Å². The van der Waals surface area contributed by atoms with Crippen LogP contribution in [-0.4, -0.2) is 11.5 Å². The lowest BCUT2D eigenvalue weighted by molar-refractivity contribution is 0.520. The highest BCUT2D eigenvalue weighted by atomic mass is 14.9. The molecule has 0 aromatic rings. The van der Waals surface area contributed by atoms with Crippen LogP contribution in [0.2, 0.25) is 0 Å². The second-order valence-electron chi connectivity index (χ2n) is 6.05. The van der Waals surface area contributed by atoms with Crippen molar-refractivity contribution in [3.8, 4) is 0 Å². The molecule has 0 aliphatic rings. The van der Waals surface area contributed by atoms with Gasteiger partial charge in [0.05, 0.1) is 0 Å². The molecule has 0 N–H and O–H groups in total. The summed E-state index contributed by atoms with van der Waals surface area (Å²) in [5.41, 5.74) is 1.11. The molecule has 0 aliphatic carbocycles. The first-order valence-corrected chi connectivity index (χ1v) is 9.03. The molecule has 0 aliphatic heterocycles. The molecule has 0 saturated carbocycles. The maximum absolute atomic E-state index is 4.85. The zero-order valence-corrected chi connectivity index (χ0v) is 15.3. The molecule has 0 radical (unpaired) electrons. The number of hydrogen-bond donors (Lipinski definition) is 0. The van der Waals surface area contributed by atoms with E-state index in [0.29, 0.717) is 11.8 Å². The maximum Gasteiger partial charge on any atom is 0.131 e. The fourth-order valence-electron chi connectivity index (χ4n) is 2.58. The Hall–Kier alpha value is -1.18. The van der Waals surface area contributed by atoms with Gasteiger partial charge in [0.15, 0.2) is 0 Å². The van der Waals surface area contributed by atoms with Gasteiger partial charge in [-0.2, -0.15) is 0 Å². The summed E-state index contributed by atoms with van der Waals surface area (Å²) < 4.78 is 0. The molecule has 2 heteroatoms. The molecule has 2 nitrogen and oxygen atoms in total. The van der Waals surface area contributed by atoms with Crippen molar-refractivity contribution in [3.05, 3.63) is 25.4 Å². The van der Waals surface area contributed by atoms with Gasteiger partial charge >= 0.3 is 0 Å². The summed E-state index contributed by atoms with van der Waals surface area (Å²) in [7, 11) is 0. The van der Waals surface area contributed by atoms with Crippen LogP contribution in [-0.2, 0) is 0 Å². The minimum absolute atomic E-state index is 0.357. The Kier molecular flexibility index (Phi) is 12.8. The molecule has 2 atom stereocenters. The van der Waals surface area contributed by atoms with Crippen molar-refractivity contribution < 1.29 is 0 Å². The first kappa shape index (κ1) is 20.8. The molecular formula is C20H36N2. The second-order valence-corrected chi connectivity index (χ2v) is 6.05. The summed E-state index contributed by atoms with van der Waals surface area (Å²) in [5.74, 6) is 1.76. The molecule has 22 heavy (non-hydrogen) atoms. The van der Waals surface area contributed by atoms with E-state index in [1.54, 1.807) is 6.20 Å². The van der Waals surface area contributed by atoms with Gasteiger partial charge in [0.25, 0.3) is 0 Å². The van der Waals surface area contributed by atoms with Crippen LogP contribution in [0.15, 0.2) is 35.4 Å². The number of allylic oxidation sites excluding steroid dienone is 1. The van der Waals surface area contributed by atoms with Gasteiger partial charge in [0, 0.05) is 23.7 Å². The van der Waals surface area contributed by atoms with Crippen LogP contribution in [0.1, 0.15) is 79.1 Å². The third-order valence-electron chi connectivity index (χ3n) is 4.19. The summed E-state index contributed by atoms with van der Waals surface area (Å²) >= 11 is 0. The van der Waals surface area contributed by atoms with Crippen LogP contribution in [0.5, 0.6) is 0 Å². The average Bonchev–Trinajstić information content (AvgIpc) is 2.53. The minimum Gasteiger partial charge on any atom is -0.242 e. The van der Waals surface area contributed by atoms with Gasteiger partial charge in [-0.3, -0.25) is 0 Å². The van der Waals surface area contributed by atoms with Gasteiger partial charge < -0.3 is 0 Å². The van der Waals surface area contributed by atoms with E-state index in [1.807, 2.05) is 6.08 Å². The van der Waals surface area contributed by atoms with Crippen LogP contribution >= 0.6 is 0 Å². The predicted octanol–water partition coefficient (Wildman–Crippen LogP) is 6.59. The van der Waals surface area contributed by atoms with Gasteiger partial charge in [0.2, 0.25) is 0 Å². The molecule has 0 aromatic heterocycles. The molecular weight excluding hydrogens is 268 g/mol. The standard InChI is InChI=1S/C20H36N2/c1-7-12-13-14-16-18(15-8-2)19(10-4)22-20(21-11-5)17(6)9-3/h10-11,17-18H,4-5,7-9,12-16H2,1-3,6H3/b21-20-,22-19+. The lowest BCUT2D eigenvalue weighted by Crippen LogP contribution is -2.17. The number of hydrogen-bond acceptors (Lipinski definition) is 1. The number of unbranched alkanes of at least 4 members (excludes halogenated alkanes) is 3. The summed E-state index contributed by atoms with van der Waals surface area (Å²) in [5, 5.41) is 0. The van der Waals surface area contributed by atoms with Gasteiger partial charge in [-0.15, -0.1) is 0 Å². The highest BCUT2D eigenvalue weighted by Crippen LogP contribution is 2.20. The predicted molar refractivity (Wildman–Crippen MR) is 102 cm³/mol. The summed E-state index contributed by atoms with van der Waals surface area (Å²) in [6.07, 6.45) is 13.4. The van der Waals surface area contributed by atoms with Crippen molar-refractivity contribution in [3.63, 3.8) is 0 Å². The monoisotopic (exact) mass is 304 g/mol.